The van der Waals surface area contributed by atoms with E-state index in [9.17, 15) is 0 Å². The van der Waals surface area contributed by atoms with E-state index < -0.39 is 5.60 Å². The summed E-state index contributed by atoms with van der Waals surface area (Å²) in [7, 11) is 1.72. The largest absolute Gasteiger partial charge is 0.371 e. The minimum atomic E-state index is -0.421. The Kier molecular flexibility index (Phi) is 3.82. The summed E-state index contributed by atoms with van der Waals surface area (Å²) in [6, 6.07) is 8.09. The molecule has 0 aliphatic carbocycles. The lowest BCUT2D eigenvalue weighted by atomic mass is 10.0. The van der Waals surface area contributed by atoms with E-state index >= 15 is 0 Å². The molecule has 0 aliphatic heterocycles. The van der Waals surface area contributed by atoms with Crippen molar-refractivity contribution in [3.05, 3.63) is 29.6 Å². The Morgan fingerprint density at radius 3 is 2.65 bits per heavy atom. The van der Waals surface area contributed by atoms with Gasteiger partial charge in [0.1, 0.15) is 11.4 Å². The first-order valence-corrected chi connectivity index (χ1v) is 6.94. The Morgan fingerprint density at radius 2 is 2.15 bits per heavy atom. The third-order valence-electron chi connectivity index (χ3n) is 3.93. The molecule has 0 amide bonds. The Morgan fingerprint density at radius 1 is 1.45 bits per heavy atom. The van der Waals surface area contributed by atoms with E-state index in [1.54, 1.807) is 7.11 Å². The molecule has 2 rings (SSSR count). The maximum Gasteiger partial charge on any atom is 0.142 e. The van der Waals surface area contributed by atoms with E-state index in [4.69, 9.17) is 15.0 Å². The van der Waals surface area contributed by atoms with E-state index in [1.807, 2.05) is 18.2 Å². The molecule has 0 aliphatic rings. The lowest BCUT2D eigenvalue weighted by Gasteiger charge is -2.28. The third-order valence-corrected chi connectivity index (χ3v) is 3.93. The number of ether oxygens (including phenoxy) is 1. The Hall–Kier alpha value is -1.86. The molecular weight excluding hydrogens is 250 g/mol. The van der Waals surface area contributed by atoms with Gasteiger partial charge in [-0.05, 0) is 45.4 Å². The van der Waals surface area contributed by atoms with Gasteiger partial charge < -0.3 is 9.30 Å². The van der Waals surface area contributed by atoms with Gasteiger partial charge in [0.15, 0.2) is 0 Å². The molecule has 0 N–H and O–H groups in total. The molecule has 2 aromatic rings. The summed E-state index contributed by atoms with van der Waals surface area (Å²) >= 11 is 0. The first kappa shape index (κ1) is 14.5. The first-order chi connectivity index (χ1) is 9.46. The van der Waals surface area contributed by atoms with Gasteiger partial charge in [-0.25, -0.2) is 4.98 Å². The molecule has 0 radical (unpaired) electrons. The van der Waals surface area contributed by atoms with Crippen molar-refractivity contribution in [2.45, 2.75) is 45.8 Å². The molecule has 0 saturated carbocycles. The molecule has 106 valence electrons. The number of rotatable bonds is 4. The van der Waals surface area contributed by atoms with E-state index in [2.05, 4.69) is 38.3 Å². The molecule has 0 fully saturated rings. The van der Waals surface area contributed by atoms with Crippen LogP contribution in [0.25, 0.3) is 11.0 Å². The fourth-order valence-corrected chi connectivity index (χ4v) is 2.46. The van der Waals surface area contributed by atoms with Gasteiger partial charge in [0, 0.05) is 13.2 Å². The molecule has 0 bridgehead atoms. The molecule has 0 spiro atoms. The zero-order chi connectivity index (χ0) is 14.9. The standard InChI is InChI=1S/C16H21N3O/c1-6-16(4,20-5)15-18-13-9-12(10-17)7-8-14(13)19(15)11(2)3/h7-9,11H,6H2,1-5H3. The summed E-state index contributed by atoms with van der Waals surface area (Å²) < 4.78 is 7.90. The van der Waals surface area contributed by atoms with Crippen LogP contribution in [0.15, 0.2) is 18.2 Å². The predicted octanol–water partition coefficient (Wildman–Crippen LogP) is 3.76. The van der Waals surface area contributed by atoms with Crippen LogP contribution in [-0.4, -0.2) is 16.7 Å². The van der Waals surface area contributed by atoms with Crippen LogP contribution in [0.3, 0.4) is 0 Å². The molecular formula is C16H21N3O. The highest BCUT2D eigenvalue weighted by Gasteiger charge is 2.31. The number of methoxy groups -OCH3 is 1. The fraction of sp³-hybridized carbons (Fsp3) is 0.500. The third kappa shape index (κ3) is 2.19. The van der Waals surface area contributed by atoms with Crippen LogP contribution in [0.2, 0.25) is 0 Å². The van der Waals surface area contributed by atoms with Gasteiger partial charge in [-0.2, -0.15) is 5.26 Å². The summed E-state index contributed by atoms with van der Waals surface area (Å²) in [5.74, 6) is 0.919. The quantitative estimate of drug-likeness (QED) is 0.850. The van der Waals surface area contributed by atoms with Gasteiger partial charge in [-0.15, -0.1) is 0 Å². The van der Waals surface area contributed by atoms with Crippen LogP contribution in [0, 0.1) is 11.3 Å². The molecule has 1 unspecified atom stereocenters. The van der Waals surface area contributed by atoms with Gasteiger partial charge >= 0.3 is 0 Å². The Bertz CT molecular complexity index is 660. The lowest BCUT2D eigenvalue weighted by Crippen LogP contribution is -2.28. The van der Waals surface area contributed by atoms with Gasteiger partial charge in [-0.1, -0.05) is 6.92 Å². The van der Waals surface area contributed by atoms with Crippen LogP contribution >= 0.6 is 0 Å². The summed E-state index contributed by atoms with van der Waals surface area (Å²) in [5, 5.41) is 9.03. The topological polar surface area (TPSA) is 50.8 Å². The van der Waals surface area contributed by atoms with Crippen LogP contribution in [-0.2, 0) is 10.3 Å². The molecule has 20 heavy (non-hydrogen) atoms. The van der Waals surface area contributed by atoms with Crippen LogP contribution in [0.1, 0.15) is 51.5 Å². The van der Waals surface area contributed by atoms with Crippen molar-refractivity contribution in [2.24, 2.45) is 0 Å². The number of hydrogen-bond donors (Lipinski definition) is 0. The van der Waals surface area contributed by atoms with Crippen molar-refractivity contribution in [1.29, 1.82) is 5.26 Å². The Balaban J connectivity index is 2.77. The molecule has 1 aromatic carbocycles. The second kappa shape index (κ2) is 5.26. The molecule has 0 saturated heterocycles. The molecule has 1 atom stereocenters. The average molecular weight is 271 g/mol. The maximum atomic E-state index is 9.03. The summed E-state index contributed by atoms with van der Waals surface area (Å²) in [6.07, 6.45) is 0.838. The highest BCUT2D eigenvalue weighted by Crippen LogP contribution is 2.33. The van der Waals surface area contributed by atoms with Crippen molar-refractivity contribution in [2.75, 3.05) is 7.11 Å². The Labute approximate surface area is 120 Å². The number of nitrogens with zero attached hydrogens (tertiary/aromatic N) is 3. The summed E-state index contributed by atoms with van der Waals surface area (Å²) in [5.41, 5.74) is 2.11. The van der Waals surface area contributed by atoms with Crippen molar-refractivity contribution in [3.63, 3.8) is 0 Å². The van der Waals surface area contributed by atoms with Gasteiger partial charge in [-0.3, -0.25) is 0 Å². The minimum absolute atomic E-state index is 0.281. The van der Waals surface area contributed by atoms with Crippen molar-refractivity contribution < 1.29 is 4.74 Å². The van der Waals surface area contributed by atoms with Gasteiger partial charge in [0.05, 0.1) is 22.7 Å². The van der Waals surface area contributed by atoms with Crippen molar-refractivity contribution in [3.8, 4) is 6.07 Å². The minimum Gasteiger partial charge on any atom is -0.371 e. The van der Waals surface area contributed by atoms with Crippen molar-refractivity contribution in [1.82, 2.24) is 9.55 Å². The number of aromatic nitrogens is 2. The predicted molar refractivity (Wildman–Crippen MR) is 79.5 cm³/mol. The average Bonchev–Trinajstić information content (AvgIpc) is 2.85. The second-order valence-electron chi connectivity index (χ2n) is 5.50. The van der Waals surface area contributed by atoms with E-state index in [0.29, 0.717) is 5.56 Å². The SMILES string of the molecule is CCC(C)(OC)c1nc2cc(C#N)ccc2n1C(C)C. The number of nitriles is 1. The zero-order valence-electron chi connectivity index (χ0n) is 12.8. The highest BCUT2D eigenvalue weighted by atomic mass is 16.5. The summed E-state index contributed by atoms with van der Waals surface area (Å²) in [6.45, 7) is 8.41. The zero-order valence-corrected chi connectivity index (χ0v) is 12.8. The van der Waals surface area contributed by atoms with E-state index in [-0.39, 0.29) is 6.04 Å². The first-order valence-electron chi connectivity index (χ1n) is 6.94. The number of imidazole rings is 1. The number of hydrogen-bond acceptors (Lipinski definition) is 3. The normalized spacial score (nSPS) is 14.4. The lowest BCUT2D eigenvalue weighted by molar-refractivity contribution is -0.0120. The second-order valence-corrected chi connectivity index (χ2v) is 5.50. The van der Waals surface area contributed by atoms with Crippen molar-refractivity contribution >= 4 is 11.0 Å². The summed E-state index contributed by atoms with van der Waals surface area (Å²) in [4.78, 5) is 4.74. The fourth-order valence-electron chi connectivity index (χ4n) is 2.46. The maximum absolute atomic E-state index is 9.03. The van der Waals surface area contributed by atoms with Crippen LogP contribution in [0.5, 0.6) is 0 Å². The van der Waals surface area contributed by atoms with Crippen LogP contribution in [0.4, 0.5) is 0 Å². The van der Waals surface area contributed by atoms with Gasteiger partial charge in [0.25, 0.3) is 0 Å². The monoisotopic (exact) mass is 271 g/mol. The van der Waals surface area contributed by atoms with Crippen LogP contribution < -0.4 is 0 Å². The highest BCUT2D eigenvalue weighted by molar-refractivity contribution is 5.78. The molecule has 4 nitrogen and oxygen atoms in total. The van der Waals surface area contributed by atoms with Gasteiger partial charge in [0.2, 0.25) is 0 Å². The smallest absolute Gasteiger partial charge is 0.142 e. The molecule has 1 heterocycles. The van der Waals surface area contributed by atoms with E-state index in [1.165, 1.54) is 0 Å². The number of fused-ring (bicyclic) bond motifs is 1. The number of benzene rings is 1. The molecule has 4 heteroatoms. The van der Waals surface area contributed by atoms with E-state index in [0.717, 1.165) is 23.3 Å². The molecule has 1 aromatic heterocycles.